The van der Waals surface area contributed by atoms with Crippen molar-refractivity contribution >= 4 is 5.82 Å². The van der Waals surface area contributed by atoms with E-state index < -0.39 is 0 Å². The Morgan fingerprint density at radius 2 is 2.45 bits per heavy atom. The SMILES string of the molecule is c1cc(NC2COC2)ncn1. The Morgan fingerprint density at radius 3 is 3.00 bits per heavy atom. The predicted octanol–water partition coefficient (Wildman–Crippen LogP) is 0.287. The molecule has 1 aliphatic heterocycles. The van der Waals surface area contributed by atoms with Crippen LogP contribution in [-0.2, 0) is 4.74 Å². The normalized spacial score (nSPS) is 17.5. The van der Waals surface area contributed by atoms with E-state index in [-0.39, 0.29) is 0 Å². The van der Waals surface area contributed by atoms with Gasteiger partial charge in [-0.05, 0) is 6.07 Å². The van der Waals surface area contributed by atoms with Gasteiger partial charge < -0.3 is 10.1 Å². The molecule has 4 heteroatoms. The maximum atomic E-state index is 5.00. The number of rotatable bonds is 2. The molecule has 4 nitrogen and oxygen atoms in total. The minimum Gasteiger partial charge on any atom is -0.377 e. The second kappa shape index (κ2) is 2.84. The zero-order valence-corrected chi connectivity index (χ0v) is 6.03. The molecule has 0 atom stereocenters. The summed E-state index contributed by atoms with van der Waals surface area (Å²) in [5.41, 5.74) is 0. The molecule has 0 aromatic carbocycles. The molecule has 1 fully saturated rings. The van der Waals surface area contributed by atoms with Gasteiger partial charge in [0.1, 0.15) is 12.1 Å². The van der Waals surface area contributed by atoms with Crippen LogP contribution in [0.15, 0.2) is 18.6 Å². The van der Waals surface area contributed by atoms with E-state index in [2.05, 4.69) is 15.3 Å². The van der Waals surface area contributed by atoms with Crippen molar-refractivity contribution in [2.75, 3.05) is 18.5 Å². The molecule has 0 saturated carbocycles. The van der Waals surface area contributed by atoms with E-state index in [9.17, 15) is 0 Å². The number of nitrogens with one attached hydrogen (secondary N) is 1. The number of hydrogen-bond donors (Lipinski definition) is 1. The first-order valence-corrected chi connectivity index (χ1v) is 3.55. The van der Waals surface area contributed by atoms with E-state index in [1.54, 1.807) is 6.20 Å². The highest BCUT2D eigenvalue weighted by atomic mass is 16.5. The summed E-state index contributed by atoms with van der Waals surface area (Å²) in [6.07, 6.45) is 3.25. The van der Waals surface area contributed by atoms with E-state index >= 15 is 0 Å². The second-order valence-corrected chi connectivity index (χ2v) is 2.47. The van der Waals surface area contributed by atoms with Gasteiger partial charge in [0, 0.05) is 6.20 Å². The van der Waals surface area contributed by atoms with Crippen LogP contribution in [0, 0.1) is 0 Å². The maximum absolute atomic E-state index is 5.00. The predicted molar refractivity (Wildman–Crippen MR) is 40.3 cm³/mol. The first kappa shape index (κ1) is 6.54. The van der Waals surface area contributed by atoms with Gasteiger partial charge in [-0.3, -0.25) is 0 Å². The lowest BCUT2D eigenvalue weighted by Crippen LogP contribution is -2.40. The lowest BCUT2D eigenvalue weighted by Gasteiger charge is -2.26. The fraction of sp³-hybridized carbons (Fsp3) is 0.429. The largest absolute Gasteiger partial charge is 0.377 e. The average molecular weight is 151 g/mol. The van der Waals surface area contributed by atoms with Gasteiger partial charge in [0.15, 0.2) is 0 Å². The number of anilines is 1. The highest BCUT2D eigenvalue weighted by Crippen LogP contribution is 2.07. The van der Waals surface area contributed by atoms with Crippen molar-refractivity contribution in [2.24, 2.45) is 0 Å². The van der Waals surface area contributed by atoms with Crippen molar-refractivity contribution in [1.29, 1.82) is 0 Å². The summed E-state index contributed by atoms with van der Waals surface area (Å²) in [6.45, 7) is 1.56. The van der Waals surface area contributed by atoms with Crippen molar-refractivity contribution in [2.45, 2.75) is 6.04 Å². The quantitative estimate of drug-likeness (QED) is 0.659. The third kappa shape index (κ3) is 1.46. The summed E-state index contributed by atoms with van der Waals surface area (Å²) < 4.78 is 5.00. The van der Waals surface area contributed by atoms with Crippen LogP contribution in [0.25, 0.3) is 0 Å². The van der Waals surface area contributed by atoms with Gasteiger partial charge in [0.2, 0.25) is 0 Å². The Bertz CT molecular complexity index is 222. The van der Waals surface area contributed by atoms with Crippen LogP contribution in [0.3, 0.4) is 0 Å². The zero-order valence-electron chi connectivity index (χ0n) is 6.03. The standard InChI is InChI=1S/C7H9N3O/c1-2-8-5-9-7(1)10-6-3-11-4-6/h1-2,5-6H,3-4H2,(H,8,9,10). The third-order valence-corrected chi connectivity index (χ3v) is 1.57. The number of nitrogens with zero attached hydrogens (tertiary/aromatic N) is 2. The van der Waals surface area contributed by atoms with Crippen LogP contribution >= 0.6 is 0 Å². The van der Waals surface area contributed by atoms with Gasteiger partial charge >= 0.3 is 0 Å². The smallest absolute Gasteiger partial charge is 0.129 e. The molecule has 1 saturated heterocycles. The molecule has 0 amide bonds. The van der Waals surface area contributed by atoms with Crippen LogP contribution in [0.2, 0.25) is 0 Å². The summed E-state index contributed by atoms with van der Waals surface area (Å²) in [5.74, 6) is 0.869. The Labute approximate surface area is 64.6 Å². The molecule has 11 heavy (non-hydrogen) atoms. The Morgan fingerprint density at radius 1 is 1.55 bits per heavy atom. The fourth-order valence-electron chi connectivity index (χ4n) is 0.904. The molecule has 0 bridgehead atoms. The molecule has 0 spiro atoms. The average Bonchev–Trinajstić information content (AvgIpc) is 1.99. The lowest BCUT2D eigenvalue weighted by atomic mass is 10.2. The molecule has 1 aliphatic rings. The fourth-order valence-corrected chi connectivity index (χ4v) is 0.904. The van der Waals surface area contributed by atoms with Crippen LogP contribution in [-0.4, -0.2) is 29.2 Å². The van der Waals surface area contributed by atoms with Crippen molar-refractivity contribution in [1.82, 2.24) is 9.97 Å². The Kier molecular flexibility index (Phi) is 1.69. The minimum atomic E-state index is 0.435. The van der Waals surface area contributed by atoms with Gasteiger partial charge in [-0.15, -0.1) is 0 Å². The lowest BCUT2D eigenvalue weighted by molar-refractivity contribution is 0.0209. The van der Waals surface area contributed by atoms with Gasteiger partial charge in [-0.2, -0.15) is 0 Å². The molecule has 58 valence electrons. The van der Waals surface area contributed by atoms with Crippen molar-refractivity contribution < 1.29 is 4.74 Å². The summed E-state index contributed by atoms with van der Waals surface area (Å²) >= 11 is 0. The number of hydrogen-bond acceptors (Lipinski definition) is 4. The number of ether oxygens (including phenoxy) is 1. The molecule has 2 rings (SSSR count). The topological polar surface area (TPSA) is 47.0 Å². The van der Waals surface area contributed by atoms with E-state index in [4.69, 9.17) is 4.74 Å². The highest BCUT2D eigenvalue weighted by molar-refractivity contribution is 5.33. The highest BCUT2D eigenvalue weighted by Gasteiger charge is 2.17. The zero-order chi connectivity index (χ0) is 7.52. The summed E-state index contributed by atoms with van der Waals surface area (Å²) in [5, 5.41) is 3.20. The first-order chi connectivity index (χ1) is 5.45. The van der Waals surface area contributed by atoms with Gasteiger partial charge in [0.05, 0.1) is 19.3 Å². The number of aromatic nitrogens is 2. The van der Waals surface area contributed by atoms with E-state index in [1.165, 1.54) is 6.33 Å². The first-order valence-electron chi connectivity index (χ1n) is 3.55. The molecule has 0 radical (unpaired) electrons. The van der Waals surface area contributed by atoms with Crippen LogP contribution in [0.1, 0.15) is 0 Å². The monoisotopic (exact) mass is 151 g/mol. The van der Waals surface area contributed by atoms with E-state index in [1.807, 2.05) is 6.07 Å². The van der Waals surface area contributed by atoms with Gasteiger partial charge in [0.25, 0.3) is 0 Å². The van der Waals surface area contributed by atoms with Gasteiger partial charge in [-0.25, -0.2) is 9.97 Å². The molecule has 2 heterocycles. The van der Waals surface area contributed by atoms with E-state index in [0.29, 0.717) is 6.04 Å². The van der Waals surface area contributed by atoms with Crippen molar-refractivity contribution in [3.63, 3.8) is 0 Å². The third-order valence-electron chi connectivity index (χ3n) is 1.57. The molecule has 1 N–H and O–H groups in total. The van der Waals surface area contributed by atoms with Gasteiger partial charge in [-0.1, -0.05) is 0 Å². The van der Waals surface area contributed by atoms with Crippen LogP contribution in [0.5, 0.6) is 0 Å². The summed E-state index contributed by atoms with van der Waals surface area (Å²) in [7, 11) is 0. The second-order valence-electron chi connectivity index (χ2n) is 2.47. The summed E-state index contributed by atoms with van der Waals surface area (Å²) in [6, 6.07) is 2.28. The molecule has 0 unspecified atom stereocenters. The molecular weight excluding hydrogens is 142 g/mol. The maximum Gasteiger partial charge on any atom is 0.129 e. The van der Waals surface area contributed by atoms with Crippen molar-refractivity contribution in [3.05, 3.63) is 18.6 Å². The van der Waals surface area contributed by atoms with Crippen molar-refractivity contribution in [3.8, 4) is 0 Å². The molecule has 1 aromatic heterocycles. The molecule has 1 aromatic rings. The van der Waals surface area contributed by atoms with Crippen LogP contribution in [0.4, 0.5) is 5.82 Å². The van der Waals surface area contributed by atoms with Crippen LogP contribution < -0.4 is 5.32 Å². The molecular formula is C7H9N3O. The Hall–Kier alpha value is -1.16. The minimum absolute atomic E-state index is 0.435. The summed E-state index contributed by atoms with van der Waals surface area (Å²) in [4.78, 5) is 7.84. The Balaban J connectivity index is 1.95. The molecule has 0 aliphatic carbocycles. The van der Waals surface area contributed by atoms with E-state index in [0.717, 1.165) is 19.0 Å².